The van der Waals surface area contributed by atoms with E-state index >= 15 is 0 Å². The van der Waals surface area contributed by atoms with Crippen molar-refractivity contribution in [1.29, 1.82) is 0 Å². The molecule has 7 heteroatoms. The highest BCUT2D eigenvalue weighted by Crippen LogP contribution is 2.26. The van der Waals surface area contributed by atoms with Gasteiger partial charge in [-0.25, -0.2) is 0 Å². The molecule has 138 valence electrons. The van der Waals surface area contributed by atoms with Crippen LogP contribution in [0.15, 0.2) is 18.2 Å². The van der Waals surface area contributed by atoms with Crippen molar-refractivity contribution in [2.75, 3.05) is 39.5 Å². The molecule has 3 rings (SSSR count). The van der Waals surface area contributed by atoms with E-state index in [4.69, 9.17) is 32.7 Å². The predicted octanol–water partition coefficient (Wildman–Crippen LogP) is 2.99. The maximum Gasteiger partial charge on any atom is 0.224 e. The van der Waals surface area contributed by atoms with E-state index in [1.807, 2.05) is 4.90 Å². The first-order valence-electron chi connectivity index (χ1n) is 8.78. The van der Waals surface area contributed by atoms with E-state index in [0.717, 1.165) is 39.1 Å². The first-order chi connectivity index (χ1) is 12.1. The van der Waals surface area contributed by atoms with Crippen LogP contribution < -0.4 is 10.1 Å². The minimum absolute atomic E-state index is 0.148. The zero-order valence-corrected chi connectivity index (χ0v) is 15.7. The standard InChI is InChI=1S/C18H24Cl2N2O3/c19-14-7-15(20)9-17(8-14)25-11-13-1-4-22(5-2-13)18(23)10-16-12-24-6-3-21-16/h7-9,13,16,21H,1-6,10-12H2. The predicted molar refractivity (Wildman–Crippen MR) is 98.5 cm³/mol. The van der Waals surface area contributed by atoms with E-state index in [-0.39, 0.29) is 11.9 Å². The molecule has 0 saturated carbocycles. The average molecular weight is 387 g/mol. The van der Waals surface area contributed by atoms with E-state index < -0.39 is 0 Å². The highest BCUT2D eigenvalue weighted by Gasteiger charge is 2.25. The summed E-state index contributed by atoms with van der Waals surface area (Å²) in [5.74, 6) is 1.35. The largest absolute Gasteiger partial charge is 0.493 e. The Morgan fingerprint density at radius 1 is 1.24 bits per heavy atom. The minimum Gasteiger partial charge on any atom is -0.493 e. The van der Waals surface area contributed by atoms with Crippen LogP contribution in [-0.4, -0.2) is 56.3 Å². The Morgan fingerprint density at radius 3 is 2.60 bits per heavy atom. The number of ether oxygens (including phenoxy) is 2. The van der Waals surface area contributed by atoms with Gasteiger partial charge in [-0.2, -0.15) is 0 Å². The van der Waals surface area contributed by atoms with Crippen LogP contribution >= 0.6 is 23.2 Å². The summed E-state index contributed by atoms with van der Waals surface area (Å²) < 4.78 is 11.2. The van der Waals surface area contributed by atoms with Gasteiger partial charge in [-0.1, -0.05) is 23.2 Å². The SMILES string of the molecule is O=C(CC1COCCN1)N1CCC(COc2cc(Cl)cc(Cl)c2)CC1. The number of nitrogens with zero attached hydrogens (tertiary/aromatic N) is 1. The topological polar surface area (TPSA) is 50.8 Å². The number of nitrogens with one attached hydrogen (secondary N) is 1. The summed E-state index contributed by atoms with van der Waals surface area (Å²) in [6.07, 6.45) is 2.42. The zero-order valence-electron chi connectivity index (χ0n) is 14.2. The van der Waals surface area contributed by atoms with Gasteiger partial charge in [-0.3, -0.25) is 4.79 Å². The van der Waals surface area contributed by atoms with Crippen LogP contribution in [0.4, 0.5) is 0 Å². The number of morpholine rings is 1. The molecule has 0 bridgehead atoms. The van der Waals surface area contributed by atoms with Gasteiger partial charge in [-0.05, 0) is 37.0 Å². The van der Waals surface area contributed by atoms with Crippen molar-refractivity contribution in [3.63, 3.8) is 0 Å². The molecule has 2 fully saturated rings. The number of piperidine rings is 1. The number of likely N-dealkylation sites (tertiary alicyclic amines) is 1. The Hall–Kier alpha value is -1.01. The Bertz CT molecular complexity index is 565. The molecule has 2 saturated heterocycles. The number of carbonyl (C=O) groups excluding carboxylic acids is 1. The molecule has 2 aliphatic rings. The summed E-state index contributed by atoms with van der Waals surface area (Å²) in [6.45, 7) is 4.38. The smallest absolute Gasteiger partial charge is 0.224 e. The molecule has 2 heterocycles. The Kier molecular flexibility index (Phi) is 6.82. The minimum atomic E-state index is 0.148. The summed E-state index contributed by atoms with van der Waals surface area (Å²) in [5.41, 5.74) is 0. The van der Waals surface area contributed by atoms with E-state index in [0.29, 0.717) is 41.3 Å². The third-order valence-corrected chi connectivity index (χ3v) is 5.14. The number of halogens is 2. The van der Waals surface area contributed by atoms with Gasteiger partial charge in [0.2, 0.25) is 5.91 Å². The third-order valence-electron chi connectivity index (χ3n) is 4.71. The number of carbonyl (C=O) groups is 1. The normalized spacial score (nSPS) is 22.0. The van der Waals surface area contributed by atoms with Crippen LogP contribution in [-0.2, 0) is 9.53 Å². The van der Waals surface area contributed by atoms with Gasteiger partial charge in [0.1, 0.15) is 5.75 Å². The van der Waals surface area contributed by atoms with Gasteiger partial charge in [0.05, 0.1) is 19.8 Å². The molecule has 0 aromatic heterocycles. The van der Waals surface area contributed by atoms with Gasteiger partial charge < -0.3 is 19.7 Å². The van der Waals surface area contributed by atoms with E-state index in [1.54, 1.807) is 18.2 Å². The molecular formula is C18H24Cl2N2O3. The molecule has 1 aromatic rings. The molecule has 0 radical (unpaired) electrons. The lowest BCUT2D eigenvalue weighted by molar-refractivity contribution is -0.134. The average Bonchev–Trinajstić information content (AvgIpc) is 2.60. The molecule has 1 atom stereocenters. The second-order valence-corrected chi connectivity index (χ2v) is 7.54. The number of hydrogen-bond acceptors (Lipinski definition) is 4. The molecule has 0 aliphatic carbocycles. The molecular weight excluding hydrogens is 363 g/mol. The van der Waals surface area contributed by atoms with Gasteiger partial charge >= 0.3 is 0 Å². The zero-order chi connectivity index (χ0) is 17.6. The van der Waals surface area contributed by atoms with Crippen LogP contribution in [0.2, 0.25) is 10.0 Å². The molecule has 1 unspecified atom stereocenters. The lowest BCUT2D eigenvalue weighted by Gasteiger charge is -2.33. The van der Waals surface area contributed by atoms with Gasteiger partial charge in [-0.15, -0.1) is 0 Å². The highest BCUT2D eigenvalue weighted by molar-refractivity contribution is 6.34. The van der Waals surface area contributed by atoms with Crippen molar-refractivity contribution in [3.05, 3.63) is 28.2 Å². The van der Waals surface area contributed by atoms with Crippen molar-refractivity contribution < 1.29 is 14.3 Å². The van der Waals surface area contributed by atoms with Crippen molar-refractivity contribution in [3.8, 4) is 5.75 Å². The Balaban J connectivity index is 1.40. The first-order valence-corrected chi connectivity index (χ1v) is 9.53. The van der Waals surface area contributed by atoms with Crippen LogP contribution in [0, 0.1) is 5.92 Å². The lowest BCUT2D eigenvalue weighted by Crippen LogP contribution is -2.46. The van der Waals surface area contributed by atoms with E-state index in [9.17, 15) is 4.79 Å². The second kappa shape index (κ2) is 9.08. The molecule has 0 spiro atoms. The maximum absolute atomic E-state index is 12.4. The fourth-order valence-corrected chi connectivity index (χ4v) is 3.77. The highest BCUT2D eigenvalue weighted by atomic mass is 35.5. The first kappa shape index (κ1) is 18.8. The monoisotopic (exact) mass is 386 g/mol. The molecule has 1 N–H and O–H groups in total. The fourth-order valence-electron chi connectivity index (χ4n) is 3.27. The van der Waals surface area contributed by atoms with Crippen molar-refractivity contribution in [2.24, 2.45) is 5.92 Å². The second-order valence-electron chi connectivity index (χ2n) is 6.67. The lowest BCUT2D eigenvalue weighted by atomic mass is 9.97. The van der Waals surface area contributed by atoms with Crippen LogP contribution in [0.3, 0.4) is 0 Å². The molecule has 1 aromatic carbocycles. The van der Waals surface area contributed by atoms with E-state index in [1.165, 1.54) is 0 Å². The summed E-state index contributed by atoms with van der Waals surface area (Å²) in [6, 6.07) is 5.37. The fraction of sp³-hybridized carbons (Fsp3) is 0.611. The van der Waals surface area contributed by atoms with Crippen LogP contribution in [0.1, 0.15) is 19.3 Å². The third kappa shape index (κ3) is 5.74. The molecule has 5 nitrogen and oxygen atoms in total. The van der Waals surface area contributed by atoms with Crippen LogP contribution in [0.5, 0.6) is 5.75 Å². The van der Waals surface area contributed by atoms with E-state index in [2.05, 4.69) is 5.32 Å². The number of rotatable bonds is 5. The Labute approximate surface area is 158 Å². The molecule has 2 aliphatic heterocycles. The van der Waals surface area contributed by atoms with Gasteiger partial charge in [0, 0.05) is 42.1 Å². The maximum atomic E-state index is 12.4. The van der Waals surface area contributed by atoms with Gasteiger partial charge in [0.25, 0.3) is 0 Å². The Morgan fingerprint density at radius 2 is 1.96 bits per heavy atom. The summed E-state index contributed by atoms with van der Waals surface area (Å²) in [4.78, 5) is 14.4. The summed E-state index contributed by atoms with van der Waals surface area (Å²) in [5, 5.41) is 4.48. The van der Waals surface area contributed by atoms with Gasteiger partial charge in [0.15, 0.2) is 0 Å². The molecule has 25 heavy (non-hydrogen) atoms. The van der Waals surface area contributed by atoms with Crippen molar-refractivity contribution in [2.45, 2.75) is 25.3 Å². The quantitative estimate of drug-likeness (QED) is 0.844. The van der Waals surface area contributed by atoms with Crippen molar-refractivity contribution in [1.82, 2.24) is 10.2 Å². The molecule has 1 amide bonds. The number of benzene rings is 1. The van der Waals surface area contributed by atoms with Crippen LogP contribution in [0.25, 0.3) is 0 Å². The number of amides is 1. The summed E-state index contributed by atoms with van der Waals surface area (Å²) in [7, 11) is 0. The number of hydrogen-bond donors (Lipinski definition) is 1. The van der Waals surface area contributed by atoms with Crippen molar-refractivity contribution >= 4 is 29.1 Å². The summed E-state index contributed by atoms with van der Waals surface area (Å²) >= 11 is 12.0.